The Kier molecular flexibility index (Phi) is 16.2. The van der Waals surface area contributed by atoms with Crippen LogP contribution in [0.1, 0.15) is 26.2 Å². The Morgan fingerprint density at radius 3 is 1.57 bits per heavy atom. The van der Waals surface area contributed by atoms with Gasteiger partial charge in [-0.2, -0.15) is 0 Å². The van der Waals surface area contributed by atoms with Crippen molar-refractivity contribution in [2.75, 3.05) is 59.5 Å². The van der Waals surface area contributed by atoms with Crippen LogP contribution in [0.2, 0.25) is 0 Å². The van der Waals surface area contributed by atoms with E-state index >= 15 is 0 Å². The molecule has 0 aromatic heterocycles. The second-order valence-corrected chi connectivity index (χ2v) is 4.56. The van der Waals surface area contributed by atoms with Crippen molar-refractivity contribution in [1.82, 2.24) is 0 Å². The van der Waals surface area contributed by atoms with E-state index < -0.39 is 5.97 Å². The van der Waals surface area contributed by atoms with Gasteiger partial charge >= 0.3 is 11.9 Å². The summed E-state index contributed by atoms with van der Waals surface area (Å²) in [7, 11) is 0. The molecule has 136 valence electrons. The fourth-order valence-electron chi connectivity index (χ4n) is 1.41. The van der Waals surface area contributed by atoms with Crippen LogP contribution in [-0.2, 0) is 33.3 Å². The van der Waals surface area contributed by atoms with Crippen LogP contribution >= 0.6 is 0 Å². The largest absolute Gasteiger partial charge is 0.481 e. The monoisotopic (exact) mass is 336 g/mol. The lowest BCUT2D eigenvalue weighted by atomic mass is 10.3. The highest BCUT2D eigenvalue weighted by Crippen LogP contribution is 1.91. The zero-order valence-corrected chi connectivity index (χ0v) is 13.8. The van der Waals surface area contributed by atoms with Gasteiger partial charge in [-0.3, -0.25) is 9.59 Å². The summed E-state index contributed by atoms with van der Waals surface area (Å²) in [5.74, 6) is -1.07. The minimum Gasteiger partial charge on any atom is -0.481 e. The van der Waals surface area contributed by atoms with Crippen molar-refractivity contribution in [3.63, 3.8) is 0 Å². The molecule has 23 heavy (non-hydrogen) atoms. The van der Waals surface area contributed by atoms with Gasteiger partial charge in [0.2, 0.25) is 0 Å². The molecule has 0 aliphatic rings. The highest BCUT2D eigenvalue weighted by atomic mass is 16.6. The Bertz CT molecular complexity index is 295. The SMILES string of the molecule is CCCC(=O)OCCOCCOCCOCCOCCC(=O)O. The van der Waals surface area contributed by atoms with Gasteiger partial charge in [0.05, 0.1) is 59.3 Å². The van der Waals surface area contributed by atoms with Gasteiger partial charge in [-0.1, -0.05) is 6.92 Å². The first-order chi connectivity index (χ1) is 11.2. The van der Waals surface area contributed by atoms with Crippen molar-refractivity contribution in [2.45, 2.75) is 26.2 Å². The van der Waals surface area contributed by atoms with Gasteiger partial charge in [0, 0.05) is 6.42 Å². The summed E-state index contributed by atoms with van der Waals surface area (Å²) >= 11 is 0. The van der Waals surface area contributed by atoms with Crippen molar-refractivity contribution in [3.8, 4) is 0 Å². The number of hydrogen-bond acceptors (Lipinski definition) is 7. The minimum absolute atomic E-state index is 0.000908. The Labute approximate surface area is 137 Å². The predicted molar refractivity (Wildman–Crippen MR) is 81.4 cm³/mol. The van der Waals surface area contributed by atoms with Gasteiger partial charge in [-0.25, -0.2) is 0 Å². The predicted octanol–water partition coefficient (Wildman–Crippen LogP) is 0.871. The molecule has 0 spiro atoms. The number of carbonyl (C=O) groups is 2. The zero-order valence-electron chi connectivity index (χ0n) is 13.8. The molecule has 8 heteroatoms. The van der Waals surface area contributed by atoms with Crippen LogP contribution in [0.4, 0.5) is 0 Å². The van der Waals surface area contributed by atoms with Gasteiger partial charge < -0.3 is 28.8 Å². The number of aliphatic carboxylic acids is 1. The highest BCUT2D eigenvalue weighted by Gasteiger charge is 1.99. The molecule has 0 aliphatic carbocycles. The molecule has 0 aliphatic heterocycles. The maximum absolute atomic E-state index is 11.0. The summed E-state index contributed by atoms with van der Waals surface area (Å²) in [6.45, 7) is 5.29. The zero-order chi connectivity index (χ0) is 17.2. The van der Waals surface area contributed by atoms with E-state index in [0.717, 1.165) is 6.42 Å². The summed E-state index contributed by atoms with van der Waals surface area (Å²) < 4.78 is 25.7. The quantitative estimate of drug-likeness (QED) is 0.308. The third-order valence-electron chi connectivity index (χ3n) is 2.52. The number of rotatable bonds is 17. The summed E-state index contributed by atoms with van der Waals surface area (Å²) in [4.78, 5) is 21.3. The molecule has 0 fully saturated rings. The summed E-state index contributed by atoms with van der Waals surface area (Å²) in [5, 5.41) is 8.39. The van der Waals surface area contributed by atoms with E-state index in [9.17, 15) is 9.59 Å². The molecular formula is C15H28O8. The summed E-state index contributed by atoms with van der Waals surface area (Å²) in [5.41, 5.74) is 0. The second-order valence-electron chi connectivity index (χ2n) is 4.56. The molecule has 0 bridgehead atoms. The molecule has 0 rings (SSSR count). The van der Waals surface area contributed by atoms with E-state index in [1.54, 1.807) is 0 Å². The summed E-state index contributed by atoms with van der Waals surface area (Å²) in [6, 6.07) is 0. The van der Waals surface area contributed by atoms with Crippen LogP contribution < -0.4 is 0 Å². The van der Waals surface area contributed by atoms with Crippen molar-refractivity contribution in [3.05, 3.63) is 0 Å². The number of esters is 1. The molecule has 0 radical (unpaired) electrons. The van der Waals surface area contributed by atoms with Gasteiger partial charge in [-0.15, -0.1) is 0 Å². The molecule has 0 saturated heterocycles. The first-order valence-corrected chi connectivity index (χ1v) is 7.85. The number of carboxylic acids is 1. The average molecular weight is 336 g/mol. The van der Waals surface area contributed by atoms with Crippen LogP contribution in [-0.4, -0.2) is 76.5 Å². The Morgan fingerprint density at radius 2 is 1.13 bits per heavy atom. The lowest BCUT2D eigenvalue weighted by Gasteiger charge is -2.07. The molecule has 0 atom stereocenters. The normalized spacial score (nSPS) is 10.7. The second kappa shape index (κ2) is 17.1. The third-order valence-corrected chi connectivity index (χ3v) is 2.52. The third kappa shape index (κ3) is 18.7. The minimum atomic E-state index is -0.874. The van der Waals surface area contributed by atoms with E-state index in [2.05, 4.69) is 0 Å². The van der Waals surface area contributed by atoms with E-state index in [4.69, 9.17) is 28.8 Å². The number of carbonyl (C=O) groups excluding carboxylic acids is 1. The molecule has 0 aromatic rings. The Morgan fingerprint density at radius 1 is 0.696 bits per heavy atom. The van der Waals surface area contributed by atoms with Gasteiger partial charge in [0.15, 0.2) is 0 Å². The van der Waals surface area contributed by atoms with E-state index in [-0.39, 0.29) is 25.6 Å². The Balaban J connectivity index is 3.05. The first kappa shape index (κ1) is 21.8. The average Bonchev–Trinajstić information content (AvgIpc) is 2.51. The van der Waals surface area contributed by atoms with Crippen molar-refractivity contribution >= 4 is 11.9 Å². The Hall–Kier alpha value is -1.22. The van der Waals surface area contributed by atoms with Crippen LogP contribution in [0, 0.1) is 0 Å². The highest BCUT2D eigenvalue weighted by molar-refractivity contribution is 5.69. The van der Waals surface area contributed by atoms with Crippen LogP contribution in [0.25, 0.3) is 0 Å². The van der Waals surface area contributed by atoms with Crippen LogP contribution in [0.15, 0.2) is 0 Å². The topological polar surface area (TPSA) is 101 Å². The standard InChI is InChI=1S/C15H28O8/c1-2-3-15(18)23-13-12-22-11-10-21-9-8-20-7-6-19-5-4-14(16)17/h2-13H2,1H3,(H,16,17). The number of ether oxygens (including phenoxy) is 5. The van der Waals surface area contributed by atoms with Gasteiger partial charge in [-0.05, 0) is 6.42 Å². The van der Waals surface area contributed by atoms with Gasteiger partial charge in [0.1, 0.15) is 6.61 Å². The number of hydrogen-bond donors (Lipinski definition) is 1. The van der Waals surface area contributed by atoms with Crippen LogP contribution in [0.5, 0.6) is 0 Å². The van der Waals surface area contributed by atoms with Crippen molar-refractivity contribution in [2.24, 2.45) is 0 Å². The molecule has 0 unspecified atom stereocenters. The maximum atomic E-state index is 11.0. The lowest BCUT2D eigenvalue weighted by molar-refractivity contribution is -0.145. The van der Waals surface area contributed by atoms with Gasteiger partial charge in [0.25, 0.3) is 0 Å². The smallest absolute Gasteiger partial charge is 0.305 e. The molecule has 0 heterocycles. The number of carboxylic acid groups (broad SMARTS) is 1. The molecule has 8 nitrogen and oxygen atoms in total. The maximum Gasteiger partial charge on any atom is 0.305 e. The molecular weight excluding hydrogens is 308 g/mol. The molecule has 1 N–H and O–H groups in total. The fraction of sp³-hybridized carbons (Fsp3) is 0.867. The molecule has 0 aromatic carbocycles. The van der Waals surface area contributed by atoms with Crippen LogP contribution in [0.3, 0.4) is 0 Å². The molecule has 0 saturated carbocycles. The van der Waals surface area contributed by atoms with Crippen molar-refractivity contribution in [1.29, 1.82) is 0 Å². The van der Waals surface area contributed by atoms with Crippen molar-refractivity contribution < 1.29 is 38.4 Å². The first-order valence-electron chi connectivity index (χ1n) is 7.85. The summed E-state index contributed by atoms with van der Waals surface area (Å²) in [6.07, 6.45) is 1.22. The van der Waals surface area contributed by atoms with E-state index in [1.165, 1.54) is 0 Å². The molecule has 0 amide bonds. The van der Waals surface area contributed by atoms with E-state index in [1.807, 2.05) is 6.92 Å². The fourth-order valence-corrected chi connectivity index (χ4v) is 1.41. The van der Waals surface area contributed by atoms with E-state index in [0.29, 0.717) is 52.7 Å². The lowest BCUT2D eigenvalue weighted by Crippen LogP contribution is -2.14.